The van der Waals surface area contributed by atoms with E-state index in [2.05, 4.69) is 10.3 Å². The van der Waals surface area contributed by atoms with Gasteiger partial charge >= 0.3 is 0 Å². The van der Waals surface area contributed by atoms with Crippen LogP contribution in [0.5, 0.6) is 0 Å². The van der Waals surface area contributed by atoms with E-state index in [1.54, 1.807) is 0 Å². The first kappa shape index (κ1) is 9.88. The van der Waals surface area contributed by atoms with Gasteiger partial charge in [-0.2, -0.15) is 5.48 Å². The second-order valence-corrected chi connectivity index (χ2v) is 2.99. The summed E-state index contributed by atoms with van der Waals surface area (Å²) in [5.41, 5.74) is 2.61. The van der Waals surface area contributed by atoms with Crippen molar-refractivity contribution in [3.8, 4) is 0 Å². The molecule has 0 aliphatic carbocycles. The Labute approximate surface area is 71.2 Å². The van der Waals surface area contributed by atoms with Crippen LogP contribution in [0.1, 0.15) is 13.3 Å². The molecule has 1 heterocycles. The van der Waals surface area contributed by atoms with Gasteiger partial charge in [0.1, 0.15) is 6.10 Å². The molecule has 1 saturated heterocycles. The van der Waals surface area contributed by atoms with Crippen molar-refractivity contribution in [2.45, 2.75) is 37.9 Å². The third-order valence-electron chi connectivity index (χ3n) is 1.93. The van der Waals surface area contributed by atoms with E-state index in [9.17, 15) is 10.2 Å². The number of ether oxygens (including phenoxy) is 1. The molecule has 0 aromatic heterocycles. The Bertz CT molecular complexity index is 143. The topological polar surface area (TPSA) is 71.0 Å². The standard InChI is InChI=1S/C7H15NO4/c1-4-3-5(8-11-2)6(9)7(10)12-4/h4-10H,3H2,1-2H3/t4-,5?,6?,7-/m1/s1. The molecule has 4 atom stereocenters. The number of hydrogen-bond donors (Lipinski definition) is 3. The summed E-state index contributed by atoms with van der Waals surface area (Å²) in [6, 6.07) is -0.270. The zero-order chi connectivity index (χ0) is 9.14. The Balaban J connectivity index is 2.47. The predicted molar refractivity (Wildman–Crippen MR) is 41.1 cm³/mol. The Morgan fingerprint density at radius 2 is 2.17 bits per heavy atom. The highest BCUT2D eigenvalue weighted by molar-refractivity contribution is 4.82. The van der Waals surface area contributed by atoms with Crippen LogP contribution in [-0.2, 0) is 9.57 Å². The van der Waals surface area contributed by atoms with Crippen LogP contribution in [0.2, 0.25) is 0 Å². The predicted octanol–water partition coefficient (Wildman–Crippen LogP) is -1.01. The summed E-state index contributed by atoms with van der Waals surface area (Å²) >= 11 is 0. The van der Waals surface area contributed by atoms with Crippen molar-refractivity contribution in [1.29, 1.82) is 0 Å². The molecule has 0 spiro atoms. The molecule has 0 bridgehead atoms. The maximum absolute atomic E-state index is 9.37. The molecule has 5 nitrogen and oxygen atoms in total. The quantitative estimate of drug-likeness (QED) is 0.472. The van der Waals surface area contributed by atoms with Crippen molar-refractivity contribution < 1.29 is 19.8 Å². The zero-order valence-corrected chi connectivity index (χ0v) is 7.23. The van der Waals surface area contributed by atoms with Gasteiger partial charge in [0.2, 0.25) is 0 Å². The highest BCUT2D eigenvalue weighted by atomic mass is 16.6. The molecule has 1 aliphatic heterocycles. The molecule has 1 fully saturated rings. The van der Waals surface area contributed by atoms with Gasteiger partial charge in [0.05, 0.1) is 19.3 Å². The minimum Gasteiger partial charge on any atom is -0.386 e. The fourth-order valence-electron chi connectivity index (χ4n) is 1.34. The van der Waals surface area contributed by atoms with E-state index in [-0.39, 0.29) is 12.1 Å². The van der Waals surface area contributed by atoms with Crippen molar-refractivity contribution in [3.63, 3.8) is 0 Å². The number of rotatable bonds is 2. The SMILES string of the molecule is CONC1C[C@@H](C)O[C@@H](O)C1O. The molecule has 3 N–H and O–H groups in total. The van der Waals surface area contributed by atoms with Crippen LogP contribution in [0.15, 0.2) is 0 Å². The van der Waals surface area contributed by atoms with E-state index < -0.39 is 12.4 Å². The lowest BCUT2D eigenvalue weighted by atomic mass is 10.0. The largest absolute Gasteiger partial charge is 0.386 e. The van der Waals surface area contributed by atoms with Gasteiger partial charge in [-0.3, -0.25) is 0 Å². The lowest BCUT2D eigenvalue weighted by Gasteiger charge is -2.35. The van der Waals surface area contributed by atoms with Gasteiger partial charge in [-0.25, -0.2) is 0 Å². The second kappa shape index (κ2) is 4.15. The van der Waals surface area contributed by atoms with E-state index in [0.717, 1.165) is 0 Å². The normalized spacial score (nSPS) is 43.0. The first-order valence-corrected chi connectivity index (χ1v) is 3.95. The summed E-state index contributed by atoms with van der Waals surface area (Å²) in [7, 11) is 1.47. The molecule has 0 amide bonds. The summed E-state index contributed by atoms with van der Waals surface area (Å²) in [5, 5.41) is 18.5. The fraction of sp³-hybridized carbons (Fsp3) is 1.00. The van der Waals surface area contributed by atoms with Gasteiger partial charge in [-0.15, -0.1) is 0 Å². The molecule has 72 valence electrons. The molecule has 0 radical (unpaired) electrons. The molecule has 0 aromatic carbocycles. The van der Waals surface area contributed by atoms with Crippen LogP contribution in [0.4, 0.5) is 0 Å². The van der Waals surface area contributed by atoms with Gasteiger partial charge in [-0.05, 0) is 13.3 Å². The van der Waals surface area contributed by atoms with E-state index in [1.807, 2.05) is 6.92 Å². The highest BCUT2D eigenvalue weighted by Gasteiger charge is 2.34. The number of nitrogens with one attached hydrogen (secondary N) is 1. The van der Waals surface area contributed by atoms with Gasteiger partial charge < -0.3 is 19.8 Å². The van der Waals surface area contributed by atoms with Gasteiger partial charge in [0.25, 0.3) is 0 Å². The van der Waals surface area contributed by atoms with Gasteiger partial charge in [0.15, 0.2) is 6.29 Å². The fourth-order valence-corrected chi connectivity index (χ4v) is 1.34. The minimum atomic E-state index is -1.12. The average molecular weight is 177 g/mol. The van der Waals surface area contributed by atoms with Crippen LogP contribution < -0.4 is 5.48 Å². The molecule has 1 rings (SSSR count). The molecule has 0 aromatic rings. The Kier molecular flexibility index (Phi) is 3.42. The highest BCUT2D eigenvalue weighted by Crippen LogP contribution is 2.18. The van der Waals surface area contributed by atoms with Crippen LogP contribution in [0.25, 0.3) is 0 Å². The van der Waals surface area contributed by atoms with Crippen LogP contribution in [0, 0.1) is 0 Å². The van der Waals surface area contributed by atoms with Crippen molar-refractivity contribution in [2.24, 2.45) is 0 Å². The smallest absolute Gasteiger partial charge is 0.182 e. The Morgan fingerprint density at radius 1 is 1.50 bits per heavy atom. The van der Waals surface area contributed by atoms with Crippen molar-refractivity contribution in [1.82, 2.24) is 5.48 Å². The molecule has 1 aliphatic rings. The van der Waals surface area contributed by atoms with Crippen molar-refractivity contribution in [2.75, 3.05) is 7.11 Å². The van der Waals surface area contributed by atoms with Gasteiger partial charge in [-0.1, -0.05) is 0 Å². The van der Waals surface area contributed by atoms with E-state index >= 15 is 0 Å². The molecule has 2 unspecified atom stereocenters. The summed E-state index contributed by atoms with van der Waals surface area (Å²) < 4.78 is 4.98. The summed E-state index contributed by atoms with van der Waals surface area (Å²) in [5.74, 6) is 0. The lowest BCUT2D eigenvalue weighted by molar-refractivity contribution is -0.230. The number of aliphatic hydroxyl groups is 2. The number of aliphatic hydroxyl groups excluding tert-OH is 2. The Hall–Kier alpha value is -0.200. The maximum Gasteiger partial charge on any atom is 0.182 e. The first-order chi connectivity index (χ1) is 5.65. The number of hydrogen-bond acceptors (Lipinski definition) is 5. The maximum atomic E-state index is 9.37. The van der Waals surface area contributed by atoms with Crippen LogP contribution >= 0.6 is 0 Å². The first-order valence-electron chi connectivity index (χ1n) is 3.95. The average Bonchev–Trinajstić information content (AvgIpc) is 2.00. The van der Waals surface area contributed by atoms with Gasteiger partial charge in [0, 0.05) is 0 Å². The van der Waals surface area contributed by atoms with Crippen LogP contribution in [-0.4, -0.2) is 41.9 Å². The molecule has 12 heavy (non-hydrogen) atoms. The second-order valence-electron chi connectivity index (χ2n) is 2.99. The third kappa shape index (κ3) is 2.15. The molecular formula is C7H15NO4. The zero-order valence-electron chi connectivity index (χ0n) is 7.23. The molecular weight excluding hydrogens is 162 g/mol. The van der Waals surface area contributed by atoms with Crippen molar-refractivity contribution in [3.05, 3.63) is 0 Å². The third-order valence-corrected chi connectivity index (χ3v) is 1.93. The van der Waals surface area contributed by atoms with Crippen molar-refractivity contribution >= 4 is 0 Å². The van der Waals surface area contributed by atoms with E-state index in [1.165, 1.54) is 7.11 Å². The molecule has 0 saturated carbocycles. The summed E-state index contributed by atoms with van der Waals surface area (Å²) in [4.78, 5) is 4.67. The summed E-state index contributed by atoms with van der Waals surface area (Å²) in [6.45, 7) is 1.83. The van der Waals surface area contributed by atoms with Crippen LogP contribution in [0.3, 0.4) is 0 Å². The lowest BCUT2D eigenvalue weighted by Crippen LogP contribution is -2.53. The van der Waals surface area contributed by atoms with E-state index in [4.69, 9.17) is 4.74 Å². The molecule has 5 heteroatoms. The monoisotopic (exact) mass is 177 g/mol. The Morgan fingerprint density at radius 3 is 2.75 bits per heavy atom. The number of hydroxylamine groups is 1. The summed E-state index contributed by atoms with van der Waals surface area (Å²) in [6.07, 6.45) is -1.51. The minimum absolute atomic E-state index is 0.0731. The van der Waals surface area contributed by atoms with E-state index in [0.29, 0.717) is 6.42 Å².